The molecular weight excluding hydrogens is 410 g/mol. The van der Waals surface area contributed by atoms with E-state index in [1.807, 2.05) is 27.2 Å². The maximum atomic E-state index is 13.8. The van der Waals surface area contributed by atoms with E-state index in [2.05, 4.69) is 22.7 Å². The van der Waals surface area contributed by atoms with Gasteiger partial charge in [0.25, 0.3) is 0 Å². The Morgan fingerprint density at radius 3 is 2.85 bits per heavy atom. The van der Waals surface area contributed by atoms with Gasteiger partial charge in [0.05, 0.1) is 27.0 Å². The Balaban J connectivity index is 2.17. The van der Waals surface area contributed by atoms with E-state index in [-0.39, 0.29) is 5.82 Å². The number of thiophene rings is 1. The Morgan fingerprint density at radius 1 is 1.40 bits per heavy atom. The van der Waals surface area contributed by atoms with E-state index in [0.29, 0.717) is 16.0 Å². The van der Waals surface area contributed by atoms with Gasteiger partial charge in [-0.1, -0.05) is 0 Å². The minimum absolute atomic E-state index is 0.220. The molecule has 0 aliphatic heterocycles. The number of nitrogens with zero attached hydrogens (tertiary/aromatic N) is 2. The number of halogens is 3. The molecule has 0 saturated heterocycles. The lowest BCUT2D eigenvalue weighted by Crippen LogP contribution is -2.04. The average molecular weight is 421 g/mol. The van der Waals surface area contributed by atoms with Gasteiger partial charge in [0.2, 0.25) is 0 Å². The van der Waals surface area contributed by atoms with E-state index in [0.717, 1.165) is 16.9 Å². The monoisotopic (exact) mass is 420 g/mol. The number of aryl methyl sites for hydroxylation is 1. The van der Waals surface area contributed by atoms with E-state index in [1.165, 1.54) is 11.1 Å². The fraction of sp³-hybridized carbons (Fsp3) is 0.214. The van der Waals surface area contributed by atoms with Gasteiger partial charge in [-0.3, -0.25) is 0 Å². The number of benzene rings is 1. The van der Waals surface area contributed by atoms with Gasteiger partial charge >= 0.3 is 0 Å². The second-order valence-electron chi connectivity index (χ2n) is 4.58. The van der Waals surface area contributed by atoms with Crippen LogP contribution in [0, 0.1) is 16.3 Å². The highest BCUT2D eigenvalue weighted by molar-refractivity contribution is 14.1. The van der Waals surface area contributed by atoms with Crippen molar-refractivity contribution in [3.63, 3.8) is 0 Å². The summed E-state index contributed by atoms with van der Waals surface area (Å²) in [6, 6.07) is 3.31. The zero-order valence-electron chi connectivity index (χ0n) is 10.7. The summed E-state index contributed by atoms with van der Waals surface area (Å²) in [5.41, 5.74) is 4.05. The molecule has 2 heterocycles. The standard InChI is InChI=1S/C14H11ClFIN2S/c1-8-6-20-7-9(8)5-19-13-2-10(16)11(17)3-12(13)18-14(19)4-15/h2-3,6-7H,4-5H2,1H3. The molecule has 3 rings (SSSR count). The number of hydrogen-bond acceptors (Lipinski definition) is 2. The fourth-order valence-corrected chi connectivity index (χ4v) is 3.67. The third kappa shape index (κ3) is 2.46. The Kier molecular flexibility index (Phi) is 4.01. The van der Waals surface area contributed by atoms with Crippen LogP contribution >= 0.6 is 45.5 Å². The summed E-state index contributed by atoms with van der Waals surface area (Å²) >= 11 is 9.64. The molecule has 0 amide bonds. The molecule has 0 bridgehead atoms. The van der Waals surface area contributed by atoms with Crippen molar-refractivity contribution in [2.45, 2.75) is 19.3 Å². The molecule has 0 radical (unpaired) electrons. The molecule has 0 aliphatic rings. The lowest BCUT2D eigenvalue weighted by Gasteiger charge is -2.08. The first-order valence-corrected chi connectivity index (χ1v) is 8.57. The third-order valence-electron chi connectivity index (χ3n) is 3.28. The number of fused-ring (bicyclic) bond motifs is 1. The summed E-state index contributed by atoms with van der Waals surface area (Å²) in [7, 11) is 0. The fourth-order valence-electron chi connectivity index (χ4n) is 2.17. The SMILES string of the molecule is Cc1cscc1Cn1c(CCl)nc2cc(I)c(F)cc21. The van der Waals surface area contributed by atoms with Crippen LogP contribution < -0.4 is 0 Å². The summed E-state index contributed by atoms with van der Waals surface area (Å²) in [6.45, 7) is 2.75. The van der Waals surface area contributed by atoms with Crippen molar-refractivity contribution in [2.75, 3.05) is 0 Å². The van der Waals surface area contributed by atoms with E-state index < -0.39 is 0 Å². The van der Waals surface area contributed by atoms with Crippen molar-refractivity contribution in [1.29, 1.82) is 0 Å². The average Bonchev–Trinajstić information content (AvgIpc) is 2.96. The zero-order valence-corrected chi connectivity index (χ0v) is 14.4. The van der Waals surface area contributed by atoms with Gasteiger partial charge in [-0.2, -0.15) is 11.3 Å². The van der Waals surface area contributed by atoms with Crippen LogP contribution in [0.5, 0.6) is 0 Å². The van der Waals surface area contributed by atoms with Gasteiger partial charge in [-0.25, -0.2) is 9.37 Å². The van der Waals surface area contributed by atoms with Crippen LogP contribution in [0.3, 0.4) is 0 Å². The summed E-state index contributed by atoms with van der Waals surface area (Å²) < 4.78 is 16.4. The van der Waals surface area contributed by atoms with Gasteiger partial charge in [-0.05, 0) is 57.5 Å². The number of hydrogen-bond donors (Lipinski definition) is 0. The highest BCUT2D eigenvalue weighted by Gasteiger charge is 2.14. The molecule has 0 spiro atoms. The van der Waals surface area contributed by atoms with Crippen LogP contribution in [-0.2, 0) is 12.4 Å². The molecule has 0 saturated carbocycles. The van der Waals surface area contributed by atoms with Crippen LogP contribution in [-0.4, -0.2) is 9.55 Å². The maximum absolute atomic E-state index is 13.8. The molecule has 3 aromatic rings. The molecule has 20 heavy (non-hydrogen) atoms. The summed E-state index contributed by atoms with van der Waals surface area (Å²) in [6.07, 6.45) is 0. The molecule has 2 aromatic heterocycles. The highest BCUT2D eigenvalue weighted by atomic mass is 127. The van der Waals surface area contributed by atoms with Gasteiger partial charge in [0.15, 0.2) is 0 Å². The molecule has 0 unspecified atom stereocenters. The molecule has 104 valence electrons. The largest absolute Gasteiger partial charge is 0.322 e. The molecule has 6 heteroatoms. The summed E-state index contributed by atoms with van der Waals surface area (Å²) in [4.78, 5) is 4.51. The molecule has 0 N–H and O–H groups in total. The van der Waals surface area contributed by atoms with Crippen molar-refractivity contribution in [3.8, 4) is 0 Å². The Bertz CT molecular complexity index is 781. The number of aromatic nitrogens is 2. The van der Waals surface area contributed by atoms with Crippen molar-refractivity contribution in [1.82, 2.24) is 9.55 Å². The van der Waals surface area contributed by atoms with Crippen molar-refractivity contribution in [2.24, 2.45) is 0 Å². The number of rotatable bonds is 3. The van der Waals surface area contributed by atoms with E-state index in [1.54, 1.807) is 23.5 Å². The number of alkyl halides is 1. The first kappa shape index (κ1) is 14.3. The predicted octanol–water partition coefficient (Wildman–Crippen LogP) is 4.94. The van der Waals surface area contributed by atoms with Gasteiger partial charge < -0.3 is 4.57 Å². The minimum Gasteiger partial charge on any atom is -0.322 e. The predicted molar refractivity (Wildman–Crippen MR) is 90.1 cm³/mol. The van der Waals surface area contributed by atoms with Crippen LogP contribution in [0.25, 0.3) is 11.0 Å². The molecule has 0 fully saturated rings. The number of imidazole rings is 1. The first-order chi connectivity index (χ1) is 9.60. The molecule has 1 aromatic carbocycles. The van der Waals surface area contributed by atoms with E-state index >= 15 is 0 Å². The topological polar surface area (TPSA) is 17.8 Å². The van der Waals surface area contributed by atoms with Gasteiger partial charge in [0, 0.05) is 6.07 Å². The van der Waals surface area contributed by atoms with E-state index in [9.17, 15) is 4.39 Å². The lowest BCUT2D eigenvalue weighted by molar-refractivity contribution is 0.621. The first-order valence-electron chi connectivity index (χ1n) is 6.02. The van der Waals surface area contributed by atoms with E-state index in [4.69, 9.17) is 11.6 Å². The van der Waals surface area contributed by atoms with Crippen molar-refractivity contribution >= 4 is 56.6 Å². The van der Waals surface area contributed by atoms with Gasteiger partial charge in [0.1, 0.15) is 11.6 Å². The molecular formula is C14H11ClFIN2S. The Hall–Kier alpha value is -0.660. The quantitative estimate of drug-likeness (QED) is 0.434. The Labute approximate surface area is 138 Å². The second-order valence-corrected chi connectivity index (χ2v) is 6.76. The van der Waals surface area contributed by atoms with Crippen molar-refractivity contribution < 1.29 is 4.39 Å². The normalized spacial score (nSPS) is 11.4. The smallest absolute Gasteiger partial charge is 0.138 e. The third-order valence-corrected chi connectivity index (χ3v) is 5.25. The molecule has 2 nitrogen and oxygen atoms in total. The lowest BCUT2D eigenvalue weighted by atomic mass is 10.2. The maximum Gasteiger partial charge on any atom is 0.138 e. The summed E-state index contributed by atoms with van der Waals surface area (Å²) in [5, 5.41) is 4.22. The Morgan fingerprint density at radius 2 is 2.20 bits per heavy atom. The van der Waals surface area contributed by atoms with Crippen LogP contribution in [0.4, 0.5) is 4.39 Å². The highest BCUT2D eigenvalue weighted by Crippen LogP contribution is 2.25. The molecule has 0 aliphatic carbocycles. The van der Waals surface area contributed by atoms with Crippen molar-refractivity contribution in [3.05, 3.63) is 49.2 Å². The van der Waals surface area contributed by atoms with Gasteiger partial charge in [-0.15, -0.1) is 11.6 Å². The van der Waals surface area contributed by atoms with Crippen LogP contribution in [0.1, 0.15) is 17.0 Å². The zero-order chi connectivity index (χ0) is 14.3. The molecule has 0 atom stereocenters. The summed E-state index contributed by atoms with van der Waals surface area (Å²) in [5.74, 6) is 0.867. The van der Waals surface area contributed by atoms with Crippen LogP contribution in [0.15, 0.2) is 22.9 Å². The van der Waals surface area contributed by atoms with Crippen LogP contribution in [0.2, 0.25) is 0 Å². The minimum atomic E-state index is -0.220. The second kappa shape index (κ2) is 5.61.